The number of allylic oxidation sites excluding steroid dienone is 1. The van der Waals surface area contributed by atoms with Crippen LogP contribution in [0.3, 0.4) is 0 Å². The molecule has 2 aromatic rings. The molecule has 10 heteroatoms. The van der Waals surface area contributed by atoms with E-state index in [-0.39, 0.29) is 5.69 Å². The van der Waals surface area contributed by atoms with Crippen molar-refractivity contribution in [3.8, 4) is 0 Å². The average Bonchev–Trinajstić information content (AvgIpc) is 2.99. The Balaban J connectivity index is 2.13. The van der Waals surface area contributed by atoms with Crippen molar-refractivity contribution < 1.29 is 14.5 Å². The van der Waals surface area contributed by atoms with E-state index in [1.54, 1.807) is 39.8 Å². The summed E-state index contributed by atoms with van der Waals surface area (Å²) in [5, 5.41) is 25.5. The molecule has 1 N–H and O–H groups in total. The maximum atomic E-state index is 12.8. The number of fused-ring (bicyclic) bond motifs is 1. The third-order valence-electron chi connectivity index (χ3n) is 3.73. The number of nitrogens with zero attached hydrogens (tertiary/aromatic N) is 5. The summed E-state index contributed by atoms with van der Waals surface area (Å²) in [6.45, 7) is 7.01. The Hall–Kier alpha value is -3.30. The number of hydrogen-bond acceptors (Lipinski definition) is 8. The molecule has 0 saturated heterocycles. The van der Waals surface area contributed by atoms with E-state index in [4.69, 9.17) is 4.74 Å². The molecule has 136 valence electrons. The van der Waals surface area contributed by atoms with Crippen molar-refractivity contribution in [1.82, 2.24) is 20.2 Å². The number of anilines is 1. The van der Waals surface area contributed by atoms with Gasteiger partial charge in [-0.1, -0.05) is 17.2 Å². The van der Waals surface area contributed by atoms with Crippen molar-refractivity contribution in [3.63, 3.8) is 0 Å². The van der Waals surface area contributed by atoms with E-state index in [0.717, 1.165) is 0 Å². The third kappa shape index (κ3) is 3.25. The van der Waals surface area contributed by atoms with E-state index in [9.17, 15) is 14.9 Å². The van der Waals surface area contributed by atoms with E-state index in [2.05, 4.69) is 20.8 Å². The van der Waals surface area contributed by atoms with Gasteiger partial charge in [0.15, 0.2) is 0 Å². The van der Waals surface area contributed by atoms with Crippen LogP contribution in [-0.4, -0.2) is 36.7 Å². The summed E-state index contributed by atoms with van der Waals surface area (Å²) < 4.78 is 6.92. The van der Waals surface area contributed by atoms with Crippen LogP contribution in [0.5, 0.6) is 0 Å². The molecule has 10 nitrogen and oxygen atoms in total. The first-order valence-corrected chi connectivity index (χ1v) is 7.91. The molecule has 1 aromatic heterocycles. The lowest BCUT2D eigenvalue weighted by molar-refractivity contribution is -0.384. The minimum absolute atomic E-state index is 0.0863. The quantitative estimate of drug-likeness (QED) is 0.503. The predicted octanol–water partition coefficient (Wildman–Crippen LogP) is 2.21. The fraction of sp³-hybridized carbons (Fsp3) is 0.375. The number of benzene rings is 1. The number of esters is 1. The van der Waals surface area contributed by atoms with Crippen molar-refractivity contribution in [1.29, 1.82) is 0 Å². The van der Waals surface area contributed by atoms with Crippen LogP contribution in [0.1, 0.15) is 39.3 Å². The summed E-state index contributed by atoms with van der Waals surface area (Å²) >= 11 is 0. The molecule has 1 aliphatic heterocycles. The molecule has 3 rings (SSSR count). The second kappa shape index (κ2) is 6.21. The number of nitro benzene ring substituents is 1. The number of non-ortho nitro benzene ring substituents is 1. The van der Waals surface area contributed by atoms with Gasteiger partial charge in [0.25, 0.3) is 5.69 Å². The molecule has 26 heavy (non-hydrogen) atoms. The Labute approximate surface area is 149 Å². The van der Waals surface area contributed by atoms with Gasteiger partial charge in [0, 0.05) is 17.8 Å². The molecule has 0 bridgehead atoms. The number of rotatable bonds is 3. The predicted molar refractivity (Wildman–Crippen MR) is 91.2 cm³/mol. The highest BCUT2D eigenvalue weighted by Gasteiger charge is 2.36. The van der Waals surface area contributed by atoms with Crippen LogP contribution in [0.25, 0.3) is 0 Å². The van der Waals surface area contributed by atoms with Crippen LogP contribution in [0.15, 0.2) is 35.5 Å². The summed E-state index contributed by atoms with van der Waals surface area (Å²) in [5.41, 5.74) is 0.544. The van der Waals surface area contributed by atoms with Gasteiger partial charge in [0.05, 0.1) is 10.5 Å². The van der Waals surface area contributed by atoms with Gasteiger partial charge in [-0.25, -0.2) is 4.79 Å². The van der Waals surface area contributed by atoms with Crippen LogP contribution < -0.4 is 5.32 Å². The van der Waals surface area contributed by atoms with E-state index in [0.29, 0.717) is 22.8 Å². The molecular formula is C16H18N6O4. The summed E-state index contributed by atoms with van der Waals surface area (Å²) in [6.07, 6.45) is 0. The molecule has 1 unspecified atom stereocenters. The maximum Gasteiger partial charge on any atom is 0.338 e. The fourth-order valence-corrected chi connectivity index (χ4v) is 2.73. The number of tetrazole rings is 1. The minimum Gasteiger partial charge on any atom is -0.456 e. The minimum atomic E-state index is -0.740. The zero-order valence-corrected chi connectivity index (χ0v) is 14.8. The van der Waals surface area contributed by atoms with Crippen LogP contribution in [0.4, 0.5) is 11.6 Å². The van der Waals surface area contributed by atoms with Gasteiger partial charge >= 0.3 is 5.97 Å². The molecule has 1 aliphatic rings. The van der Waals surface area contributed by atoms with E-state index in [1.807, 2.05) is 0 Å². The summed E-state index contributed by atoms with van der Waals surface area (Å²) in [6, 6.07) is 5.29. The lowest BCUT2D eigenvalue weighted by Gasteiger charge is -2.29. The maximum absolute atomic E-state index is 12.8. The first-order chi connectivity index (χ1) is 12.2. The van der Waals surface area contributed by atoms with Crippen LogP contribution in [0, 0.1) is 10.1 Å². The van der Waals surface area contributed by atoms with Crippen LogP contribution in [-0.2, 0) is 9.53 Å². The highest BCUT2D eigenvalue weighted by Crippen LogP contribution is 2.36. The fourth-order valence-electron chi connectivity index (χ4n) is 2.73. The van der Waals surface area contributed by atoms with Gasteiger partial charge in [-0.15, -0.1) is 0 Å². The smallest absolute Gasteiger partial charge is 0.338 e. The van der Waals surface area contributed by atoms with Gasteiger partial charge in [-0.3, -0.25) is 10.1 Å². The molecule has 0 fully saturated rings. The molecule has 2 heterocycles. The topological polar surface area (TPSA) is 125 Å². The number of nitro groups is 1. The first kappa shape index (κ1) is 17.5. The molecule has 0 saturated carbocycles. The average molecular weight is 358 g/mol. The lowest BCUT2D eigenvalue weighted by Crippen LogP contribution is -2.33. The number of nitrogens with one attached hydrogen (secondary N) is 1. The van der Waals surface area contributed by atoms with Crippen molar-refractivity contribution in [3.05, 3.63) is 51.2 Å². The summed E-state index contributed by atoms with van der Waals surface area (Å²) in [4.78, 5) is 23.5. The van der Waals surface area contributed by atoms with Crippen molar-refractivity contribution in [2.45, 2.75) is 39.3 Å². The zero-order valence-electron chi connectivity index (χ0n) is 14.8. The van der Waals surface area contributed by atoms with Gasteiger partial charge < -0.3 is 10.1 Å². The molecule has 0 amide bonds. The van der Waals surface area contributed by atoms with Crippen molar-refractivity contribution in [2.24, 2.45) is 0 Å². The number of carbonyl (C=O) groups excluding carboxylic acids is 1. The Morgan fingerprint density at radius 2 is 2.12 bits per heavy atom. The zero-order chi connectivity index (χ0) is 19.1. The Kier molecular flexibility index (Phi) is 4.18. The number of aromatic nitrogens is 4. The summed E-state index contributed by atoms with van der Waals surface area (Å²) in [7, 11) is 0. The second-order valence-electron chi connectivity index (χ2n) is 6.87. The third-order valence-corrected chi connectivity index (χ3v) is 3.73. The molecular weight excluding hydrogens is 340 g/mol. The molecule has 1 aromatic carbocycles. The molecule has 0 radical (unpaired) electrons. The Morgan fingerprint density at radius 1 is 1.38 bits per heavy atom. The van der Waals surface area contributed by atoms with Crippen LogP contribution >= 0.6 is 0 Å². The van der Waals surface area contributed by atoms with Gasteiger partial charge in [0.2, 0.25) is 5.95 Å². The Morgan fingerprint density at radius 3 is 2.77 bits per heavy atom. The lowest BCUT2D eigenvalue weighted by atomic mass is 9.95. The standard InChI is InChI=1S/C16H18N6O4/c1-9-12(14(23)26-16(2,3)4)13(21-15(17-9)18-19-20-21)10-6-5-7-11(8-10)22(24)25/h5-8,13H,1-4H3,(H,17,18,20). The SMILES string of the molecule is CC1=C(C(=O)OC(C)(C)C)C(c2cccc([N+](=O)[O-])c2)n2nnnc2N1. The van der Waals surface area contributed by atoms with Gasteiger partial charge in [0.1, 0.15) is 11.6 Å². The number of hydrogen-bond donors (Lipinski definition) is 1. The normalized spacial score (nSPS) is 16.7. The monoisotopic (exact) mass is 358 g/mol. The van der Waals surface area contributed by atoms with Crippen molar-refractivity contribution >= 4 is 17.6 Å². The van der Waals surface area contributed by atoms with E-state index in [1.165, 1.54) is 16.8 Å². The molecule has 0 spiro atoms. The van der Waals surface area contributed by atoms with Crippen molar-refractivity contribution in [2.75, 3.05) is 5.32 Å². The van der Waals surface area contributed by atoms with Gasteiger partial charge in [-0.05, 0) is 43.7 Å². The van der Waals surface area contributed by atoms with Gasteiger partial charge in [-0.2, -0.15) is 4.68 Å². The molecule has 1 atom stereocenters. The summed E-state index contributed by atoms with van der Waals surface area (Å²) in [5.74, 6) is -0.202. The number of carbonyl (C=O) groups is 1. The highest BCUT2D eigenvalue weighted by molar-refractivity contribution is 5.92. The van der Waals surface area contributed by atoms with E-state index >= 15 is 0 Å². The van der Waals surface area contributed by atoms with Crippen LogP contribution in [0.2, 0.25) is 0 Å². The molecule has 0 aliphatic carbocycles. The first-order valence-electron chi connectivity index (χ1n) is 7.91. The second-order valence-corrected chi connectivity index (χ2v) is 6.87. The highest BCUT2D eigenvalue weighted by atomic mass is 16.6. The Bertz CT molecular complexity index is 911. The number of ether oxygens (including phenoxy) is 1. The largest absolute Gasteiger partial charge is 0.456 e. The van der Waals surface area contributed by atoms with E-state index < -0.39 is 22.5 Å².